The summed E-state index contributed by atoms with van der Waals surface area (Å²) in [6.07, 6.45) is 10.8. The zero-order chi connectivity index (χ0) is 13.8. The van der Waals surface area contributed by atoms with Gasteiger partial charge in [0, 0.05) is 17.6 Å². The first-order valence-electron chi connectivity index (χ1n) is 7.56. The molecule has 1 aromatic carbocycles. The van der Waals surface area contributed by atoms with Gasteiger partial charge in [0.1, 0.15) is 0 Å². The summed E-state index contributed by atoms with van der Waals surface area (Å²) in [6, 6.07) is 11.0. The monoisotopic (exact) mass is 266 g/mol. The number of pyridine rings is 1. The Hall–Kier alpha value is -1.67. The molecule has 2 heteroatoms. The molecule has 104 valence electrons. The Morgan fingerprint density at radius 2 is 2.15 bits per heavy atom. The van der Waals surface area contributed by atoms with Crippen molar-refractivity contribution in [2.75, 3.05) is 7.05 Å². The Balaban J connectivity index is 1.84. The fraction of sp³-hybridized carbons (Fsp3) is 0.389. The van der Waals surface area contributed by atoms with Crippen LogP contribution in [-0.4, -0.2) is 12.0 Å². The lowest BCUT2D eigenvalue weighted by Crippen LogP contribution is -2.17. The Labute approximate surface area is 120 Å². The second kappa shape index (κ2) is 6.19. The molecule has 1 aliphatic carbocycles. The summed E-state index contributed by atoms with van der Waals surface area (Å²) in [5.74, 6) is 0. The van der Waals surface area contributed by atoms with Crippen LogP contribution < -0.4 is 5.32 Å². The van der Waals surface area contributed by atoms with E-state index in [1.807, 2.05) is 19.3 Å². The van der Waals surface area contributed by atoms with Crippen LogP contribution in [-0.2, 0) is 0 Å². The van der Waals surface area contributed by atoms with Gasteiger partial charge in [-0.25, -0.2) is 0 Å². The summed E-state index contributed by atoms with van der Waals surface area (Å²) >= 11 is 0. The Morgan fingerprint density at radius 3 is 2.95 bits per heavy atom. The van der Waals surface area contributed by atoms with E-state index in [4.69, 9.17) is 0 Å². The van der Waals surface area contributed by atoms with Crippen LogP contribution in [0.5, 0.6) is 0 Å². The zero-order valence-corrected chi connectivity index (χ0v) is 12.1. The molecular weight excluding hydrogens is 244 g/mol. The van der Waals surface area contributed by atoms with Gasteiger partial charge in [0.2, 0.25) is 0 Å². The second-order valence-corrected chi connectivity index (χ2v) is 5.61. The molecule has 0 spiro atoms. The van der Waals surface area contributed by atoms with Crippen LogP contribution in [0.15, 0.2) is 48.2 Å². The number of para-hydroxylation sites is 1. The van der Waals surface area contributed by atoms with Gasteiger partial charge >= 0.3 is 0 Å². The molecule has 0 radical (unpaired) electrons. The van der Waals surface area contributed by atoms with E-state index in [-0.39, 0.29) is 0 Å². The molecule has 2 aromatic rings. The summed E-state index contributed by atoms with van der Waals surface area (Å²) in [5, 5.41) is 4.67. The zero-order valence-electron chi connectivity index (χ0n) is 12.1. The van der Waals surface area contributed by atoms with E-state index in [2.05, 4.69) is 40.6 Å². The average molecular weight is 266 g/mol. The molecule has 0 aliphatic heterocycles. The van der Waals surface area contributed by atoms with Crippen molar-refractivity contribution in [2.45, 2.75) is 38.1 Å². The maximum atomic E-state index is 4.58. The number of allylic oxidation sites excluding steroid dienone is 1. The van der Waals surface area contributed by atoms with Crippen LogP contribution in [0.25, 0.3) is 10.9 Å². The van der Waals surface area contributed by atoms with Crippen LogP contribution >= 0.6 is 0 Å². The number of hydrogen-bond donors (Lipinski definition) is 1. The quantitative estimate of drug-likeness (QED) is 0.830. The van der Waals surface area contributed by atoms with E-state index in [1.165, 1.54) is 36.6 Å². The second-order valence-electron chi connectivity index (χ2n) is 5.61. The minimum Gasteiger partial charge on any atom is -0.313 e. The SMILES string of the molecule is CNC(CC1=CCCCC1)c1cnc2ccccc2c1. The molecule has 2 nitrogen and oxygen atoms in total. The maximum absolute atomic E-state index is 4.58. The molecule has 1 aliphatic rings. The molecule has 20 heavy (non-hydrogen) atoms. The van der Waals surface area contributed by atoms with E-state index >= 15 is 0 Å². The highest BCUT2D eigenvalue weighted by Crippen LogP contribution is 2.28. The summed E-state index contributed by atoms with van der Waals surface area (Å²) in [6.45, 7) is 0. The summed E-state index contributed by atoms with van der Waals surface area (Å²) in [7, 11) is 2.04. The number of nitrogens with one attached hydrogen (secondary N) is 1. The first-order valence-corrected chi connectivity index (χ1v) is 7.56. The lowest BCUT2D eigenvalue weighted by Gasteiger charge is -2.21. The molecular formula is C18H22N2. The largest absolute Gasteiger partial charge is 0.313 e. The molecule has 1 unspecified atom stereocenters. The van der Waals surface area contributed by atoms with E-state index in [0.717, 1.165) is 11.9 Å². The van der Waals surface area contributed by atoms with Gasteiger partial charge in [0.25, 0.3) is 0 Å². The smallest absolute Gasteiger partial charge is 0.0702 e. The third-order valence-corrected chi connectivity index (χ3v) is 4.21. The van der Waals surface area contributed by atoms with Gasteiger partial charge in [0.05, 0.1) is 5.52 Å². The van der Waals surface area contributed by atoms with E-state index in [9.17, 15) is 0 Å². The molecule has 0 saturated carbocycles. The molecule has 0 bridgehead atoms. The molecule has 3 rings (SSSR count). The molecule has 0 saturated heterocycles. The van der Waals surface area contributed by atoms with Crippen molar-refractivity contribution >= 4 is 10.9 Å². The van der Waals surface area contributed by atoms with Crippen LogP contribution in [0.1, 0.15) is 43.7 Å². The predicted octanol–water partition coefficient (Wildman–Crippen LogP) is 4.39. The van der Waals surface area contributed by atoms with Crippen molar-refractivity contribution in [1.29, 1.82) is 0 Å². The highest BCUT2D eigenvalue weighted by atomic mass is 14.9. The number of aromatic nitrogens is 1. The average Bonchev–Trinajstić information content (AvgIpc) is 2.53. The minimum absolute atomic E-state index is 0.372. The Kier molecular flexibility index (Phi) is 4.12. The van der Waals surface area contributed by atoms with Gasteiger partial charge in [-0.15, -0.1) is 0 Å². The number of rotatable bonds is 4. The van der Waals surface area contributed by atoms with Gasteiger partial charge in [-0.3, -0.25) is 4.98 Å². The third-order valence-electron chi connectivity index (χ3n) is 4.21. The fourth-order valence-corrected chi connectivity index (χ4v) is 3.02. The summed E-state index contributed by atoms with van der Waals surface area (Å²) in [5.41, 5.74) is 3.96. The maximum Gasteiger partial charge on any atom is 0.0702 e. The third kappa shape index (κ3) is 2.91. The van der Waals surface area contributed by atoms with Crippen molar-refractivity contribution in [2.24, 2.45) is 0 Å². The molecule has 1 atom stereocenters. The normalized spacial score (nSPS) is 16.9. The topological polar surface area (TPSA) is 24.9 Å². The van der Waals surface area contributed by atoms with Crippen molar-refractivity contribution in [3.8, 4) is 0 Å². The van der Waals surface area contributed by atoms with Gasteiger partial charge in [-0.2, -0.15) is 0 Å². The minimum atomic E-state index is 0.372. The molecule has 1 N–H and O–H groups in total. The van der Waals surface area contributed by atoms with Crippen LogP contribution in [0.3, 0.4) is 0 Å². The number of nitrogens with zero attached hydrogens (tertiary/aromatic N) is 1. The van der Waals surface area contributed by atoms with Crippen LogP contribution in [0, 0.1) is 0 Å². The standard InChI is InChI=1S/C18H22N2/c1-19-18(11-14-7-3-2-4-8-14)16-12-15-9-5-6-10-17(15)20-13-16/h5-7,9-10,12-13,18-19H,2-4,8,11H2,1H3. The van der Waals surface area contributed by atoms with Crippen LogP contribution in [0.2, 0.25) is 0 Å². The fourth-order valence-electron chi connectivity index (χ4n) is 3.02. The lowest BCUT2D eigenvalue weighted by molar-refractivity contribution is 0.558. The van der Waals surface area contributed by atoms with Gasteiger partial charge < -0.3 is 5.32 Å². The van der Waals surface area contributed by atoms with Crippen molar-refractivity contribution in [1.82, 2.24) is 10.3 Å². The molecule has 1 aromatic heterocycles. The number of hydrogen-bond acceptors (Lipinski definition) is 2. The van der Waals surface area contributed by atoms with E-state index in [0.29, 0.717) is 6.04 Å². The highest BCUT2D eigenvalue weighted by molar-refractivity contribution is 5.78. The first kappa shape index (κ1) is 13.3. The van der Waals surface area contributed by atoms with Crippen molar-refractivity contribution in [3.05, 3.63) is 53.7 Å². The van der Waals surface area contributed by atoms with Gasteiger partial charge in [-0.1, -0.05) is 29.8 Å². The van der Waals surface area contributed by atoms with Crippen molar-refractivity contribution < 1.29 is 0 Å². The van der Waals surface area contributed by atoms with Crippen LogP contribution in [0.4, 0.5) is 0 Å². The highest BCUT2D eigenvalue weighted by Gasteiger charge is 2.14. The number of benzene rings is 1. The first-order chi connectivity index (χ1) is 9.86. The predicted molar refractivity (Wildman–Crippen MR) is 84.7 cm³/mol. The number of fused-ring (bicyclic) bond motifs is 1. The molecule has 1 heterocycles. The summed E-state index contributed by atoms with van der Waals surface area (Å²) < 4.78 is 0. The Morgan fingerprint density at radius 1 is 1.25 bits per heavy atom. The molecule has 0 amide bonds. The molecule has 0 fully saturated rings. The van der Waals surface area contributed by atoms with E-state index in [1.54, 1.807) is 5.57 Å². The summed E-state index contributed by atoms with van der Waals surface area (Å²) in [4.78, 5) is 4.58. The van der Waals surface area contributed by atoms with Gasteiger partial charge in [-0.05, 0) is 56.8 Å². The van der Waals surface area contributed by atoms with Gasteiger partial charge in [0.15, 0.2) is 0 Å². The van der Waals surface area contributed by atoms with E-state index < -0.39 is 0 Å². The lowest BCUT2D eigenvalue weighted by atomic mass is 9.92. The van der Waals surface area contributed by atoms with Crippen molar-refractivity contribution in [3.63, 3.8) is 0 Å². The Bertz CT molecular complexity index is 616.